The van der Waals surface area contributed by atoms with E-state index in [0.29, 0.717) is 20.7 Å². The van der Waals surface area contributed by atoms with Gasteiger partial charge in [-0.15, -0.1) is 0 Å². The maximum atomic E-state index is 13.4. The number of amides is 2. The average molecular weight is 486 g/mol. The van der Waals surface area contributed by atoms with Crippen LogP contribution in [0.2, 0.25) is 0 Å². The number of fused-ring (bicyclic) bond motifs is 1. The number of benzene rings is 2. The van der Waals surface area contributed by atoms with E-state index < -0.39 is 31.1 Å². The molecule has 0 aliphatic carbocycles. The zero-order valence-electron chi connectivity index (χ0n) is 17.6. The Bertz CT molecular complexity index is 1560. The number of nitrogens with one attached hydrogen (secondary N) is 2. The minimum Gasteiger partial charge on any atom is -0.275 e. The first-order valence-electron chi connectivity index (χ1n) is 9.65. The molecule has 0 aliphatic heterocycles. The Morgan fingerprint density at radius 1 is 0.848 bits per heavy atom. The molecule has 2 aromatic heterocycles. The van der Waals surface area contributed by atoms with Crippen molar-refractivity contribution in [2.75, 3.05) is 5.32 Å². The van der Waals surface area contributed by atoms with Gasteiger partial charge in [-0.3, -0.25) is 5.32 Å². The van der Waals surface area contributed by atoms with Gasteiger partial charge < -0.3 is 0 Å². The van der Waals surface area contributed by atoms with Gasteiger partial charge in [0.25, 0.3) is 20.0 Å². The van der Waals surface area contributed by atoms with Crippen LogP contribution in [-0.4, -0.2) is 36.8 Å². The van der Waals surface area contributed by atoms with Crippen LogP contribution in [0.3, 0.4) is 0 Å². The lowest BCUT2D eigenvalue weighted by Gasteiger charge is -2.13. The van der Waals surface area contributed by atoms with Crippen molar-refractivity contribution in [3.05, 3.63) is 78.1 Å². The molecule has 0 saturated heterocycles. The number of anilines is 1. The van der Waals surface area contributed by atoms with E-state index in [0.717, 1.165) is 0 Å². The highest BCUT2D eigenvalue weighted by Crippen LogP contribution is 2.28. The fraction of sp³-hybridized carbons (Fsp3) is 0.0952. The summed E-state index contributed by atoms with van der Waals surface area (Å²) >= 11 is 0. The number of nitrogens with zero attached hydrogens (tertiary/aromatic N) is 3. The highest BCUT2D eigenvalue weighted by atomic mass is 32.2. The maximum Gasteiger partial charge on any atom is 0.335 e. The van der Waals surface area contributed by atoms with Crippen molar-refractivity contribution in [2.24, 2.45) is 0 Å². The number of sulfonamides is 1. The molecule has 0 fully saturated rings. The number of para-hydroxylation sites is 1. The van der Waals surface area contributed by atoms with Gasteiger partial charge in [0.05, 0.1) is 10.4 Å². The van der Waals surface area contributed by atoms with Gasteiger partial charge in [0.2, 0.25) is 5.95 Å². The summed E-state index contributed by atoms with van der Waals surface area (Å²) in [6, 6.07) is 15.5. The highest BCUT2D eigenvalue weighted by Gasteiger charge is 2.31. The molecule has 170 valence electrons. The smallest absolute Gasteiger partial charge is 0.275 e. The molecule has 0 atom stereocenters. The molecule has 0 saturated carbocycles. The predicted octanol–water partition coefficient (Wildman–Crippen LogP) is 2.80. The highest BCUT2D eigenvalue weighted by molar-refractivity contribution is 7.93. The summed E-state index contributed by atoms with van der Waals surface area (Å²) in [6.07, 6.45) is 0. The SMILES string of the molecule is Cc1cc(C)nc(NC(=O)NS(=O)(=O)c2cc3ccccc3n2S(=O)(=O)c2ccccc2)n1. The maximum absolute atomic E-state index is 13.4. The Morgan fingerprint density at radius 3 is 2.12 bits per heavy atom. The molecular formula is C21H19N5O5S2. The fourth-order valence-electron chi connectivity index (χ4n) is 3.32. The van der Waals surface area contributed by atoms with Crippen LogP contribution < -0.4 is 10.0 Å². The molecule has 2 heterocycles. The number of rotatable bonds is 5. The molecular weight excluding hydrogens is 466 g/mol. The van der Waals surface area contributed by atoms with Crippen molar-refractivity contribution in [3.63, 3.8) is 0 Å². The van der Waals surface area contributed by atoms with Crippen molar-refractivity contribution in [1.82, 2.24) is 18.7 Å². The summed E-state index contributed by atoms with van der Waals surface area (Å²) in [6.45, 7) is 3.39. The summed E-state index contributed by atoms with van der Waals surface area (Å²) in [7, 11) is -8.92. The summed E-state index contributed by atoms with van der Waals surface area (Å²) in [5, 5.41) is 2.03. The van der Waals surface area contributed by atoms with Crippen LogP contribution in [0, 0.1) is 13.8 Å². The lowest BCUT2D eigenvalue weighted by molar-refractivity contribution is 0.256. The number of carbonyl (C=O) groups is 1. The van der Waals surface area contributed by atoms with Crippen molar-refractivity contribution in [1.29, 1.82) is 0 Å². The molecule has 0 aliphatic rings. The summed E-state index contributed by atoms with van der Waals surface area (Å²) < 4.78 is 55.6. The molecule has 4 rings (SSSR count). The van der Waals surface area contributed by atoms with Gasteiger partial charge in [-0.1, -0.05) is 36.4 Å². The normalized spacial score (nSPS) is 11.9. The number of aryl methyl sites for hydroxylation is 2. The van der Waals surface area contributed by atoms with Gasteiger partial charge in [0, 0.05) is 16.8 Å². The van der Waals surface area contributed by atoms with Crippen molar-refractivity contribution < 1.29 is 21.6 Å². The largest absolute Gasteiger partial charge is 0.335 e. The van der Waals surface area contributed by atoms with E-state index in [4.69, 9.17) is 0 Å². The van der Waals surface area contributed by atoms with Gasteiger partial charge in [-0.25, -0.2) is 31.9 Å². The molecule has 10 nitrogen and oxygen atoms in total. The fourth-order valence-corrected chi connectivity index (χ4v) is 6.33. The minimum absolute atomic E-state index is 0.0855. The standard InChI is InChI=1S/C21H19N5O5S2/c1-14-12-15(2)23-20(22-14)24-21(27)25-32(28,29)19-13-16-8-6-7-11-18(16)26(19)33(30,31)17-9-4-3-5-10-17/h3-13H,1-2H3,(H2,22,23,24,25,27). The quantitative estimate of drug-likeness (QED) is 0.443. The van der Waals surface area contributed by atoms with E-state index in [9.17, 15) is 21.6 Å². The number of hydrogen-bond donors (Lipinski definition) is 2. The summed E-state index contributed by atoms with van der Waals surface area (Å²) in [5.74, 6) is -0.0855. The molecule has 12 heteroatoms. The van der Waals surface area contributed by atoms with Crippen LogP contribution in [0.25, 0.3) is 10.9 Å². The number of carbonyl (C=O) groups excluding carboxylic acids is 1. The van der Waals surface area contributed by atoms with E-state index in [1.807, 2.05) is 4.72 Å². The Balaban J connectivity index is 1.77. The average Bonchev–Trinajstić information content (AvgIpc) is 3.15. The first kappa shape index (κ1) is 22.4. The third kappa shape index (κ3) is 4.43. The first-order valence-corrected chi connectivity index (χ1v) is 12.6. The van der Waals surface area contributed by atoms with Crippen molar-refractivity contribution in [3.8, 4) is 0 Å². The van der Waals surface area contributed by atoms with Crippen LogP contribution in [0.1, 0.15) is 11.4 Å². The van der Waals surface area contributed by atoms with E-state index in [-0.39, 0.29) is 16.4 Å². The van der Waals surface area contributed by atoms with Crippen LogP contribution in [-0.2, 0) is 20.0 Å². The second-order valence-electron chi connectivity index (χ2n) is 7.16. The summed E-state index contributed by atoms with van der Waals surface area (Å²) in [4.78, 5) is 20.4. The monoisotopic (exact) mass is 485 g/mol. The van der Waals surface area contributed by atoms with Gasteiger partial charge in [0.15, 0.2) is 5.03 Å². The predicted molar refractivity (Wildman–Crippen MR) is 122 cm³/mol. The Hall–Kier alpha value is -3.77. The lowest BCUT2D eigenvalue weighted by Crippen LogP contribution is -2.36. The minimum atomic E-state index is -4.62. The number of hydrogen-bond acceptors (Lipinski definition) is 7. The van der Waals surface area contributed by atoms with Gasteiger partial charge in [0.1, 0.15) is 0 Å². The summed E-state index contributed by atoms with van der Waals surface area (Å²) in [5.41, 5.74) is 1.31. The van der Waals surface area contributed by atoms with Gasteiger partial charge in [-0.05, 0) is 44.2 Å². The van der Waals surface area contributed by atoms with Crippen LogP contribution in [0.5, 0.6) is 0 Å². The zero-order chi connectivity index (χ0) is 23.8. The van der Waals surface area contributed by atoms with Gasteiger partial charge in [-0.2, -0.15) is 8.42 Å². The number of aromatic nitrogens is 3. The molecule has 4 aromatic rings. The molecule has 2 amide bonds. The van der Waals surface area contributed by atoms with E-state index >= 15 is 0 Å². The third-order valence-electron chi connectivity index (χ3n) is 4.63. The van der Waals surface area contributed by atoms with E-state index in [1.54, 1.807) is 44.2 Å². The lowest BCUT2D eigenvalue weighted by atomic mass is 10.3. The molecule has 0 spiro atoms. The Morgan fingerprint density at radius 2 is 1.45 bits per heavy atom. The molecule has 2 N–H and O–H groups in total. The van der Waals surface area contributed by atoms with E-state index in [1.165, 1.54) is 36.4 Å². The molecule has 33 heavy (non-hydrogen) atoms. The van der Waals surface area contributed by atoms with Crippen LogP contribution in [0.4, 0.5) is 10.7 Å². The second kappa shape index (κ2) is 8.30. The molecule has 0 bridgehead atoms. The van der Waals surface area contributed by atoms with Crippen molar-refractivity contribution >= 4 is 42.9 Å². The van der Waals surface area contributed by atoms with Crippen LogP contribution >= 0.6 is 0 Å². The Kier molecular flexibility index (Phi) is 5.64. The molecule has 2 aromatic carbocycles. The van der Waals surface area contributed by atoms with Crippen molar-refractivity contribution in [2.45, 2.75) is 23.8 Å². The first-order chi connectivity index (χ1) is 15.6. The van der Waals surface area contributed by atoms with E-state index in [2.05, 4.69) is 15.3 Å². The third-order valence-corrected chi connectivity index (χ3v) is 7.79. The topological polar surface area (TPSA) is 140 Å². The molecule has 0 radical (unpaired) electrons. The van der Waals surface area contributed by atoms with Gasteiger partial charge >= 0.3 is 6.03 Å². The number of urea groups is 1. The molecule has 0 unspecified atom stereocenters. The zero-order valence-corrected chi connectivity index (χ0v) is 19.2. The Labute approximate surface area is 190 Å². The second-order valence-corrected chi connectivity index (χ2v) is 10.6. The van der Waals surface area contributed by atoms with Crippen LogP contribution in [0.15, 0.2) is 76.7 Å².